The number of hydrogen-bond donors (Lipinski definition) is 0. The summed E-state index contributed by atoms with van der Waals surface area (Å²) in [6.07, 6.45) is 1.86. The van der Waals surface area contributed by atoms with Crippen LogP contribution in [-0.2, 0) is 11.3 Å². The highest BCUT2D eigenvalue weighted by atomic mass is 32.1. The van der Waals surface area contributed by atoms with Crippen molar-refractivity contribution < 1.29 is 4.74 Å². The van der Waals surface area contributed by atoms with E-state index in [1.807, 2.05) is 10.9 Å². The molecule has 4 rings (SSSR count). The minimum absolute atomic E-state index is 0.843. The second-order valence-electron chi connectivity index (χ2n) is 5.66. The molecule has 1 aromatic carbocycles. The highest BCUT2D eigenvalue weighted by Crippen LogP contribution is 2.26. The normalized spacial score (nSPS) is 15.8. The molecule has 0 radical (unpaired) electrons. The van der Waals surface area contributed by atoms with Crippen molar-refractivity contribution in [3.8, 4) is 16.3 Å². The van der Waals surface area contributed by atoms with E-state index in [2.05, 4.69) is 57.8 Å². The van der Waals surface area contributed by atoms with Crippen LogP contribution in [0.1, 0.15) is 5.56 Å². The van der Waals surface area contributed by atoms with Gasteiger partial charge in [0.05, 0.1) is 35.7 Å². The number of nitrogens with zero attached hydrogens (tertiary/aromatic N) is 3. The number of aromatic nitrogens is 2. The quantitative estimate of drug-likeness (QED) is 0.736. The largest absolute Gasteiger partial charge is 0.379 e. The second-order valence-corrected chi connectivity index (χ2v) is 6.61. The average molecular weight is 325 g/mol. The molecule has 0 atom stereocenters. The first-order valence-electron chi connectivity index (χ1n) is 7.87. The maximum Gasteiger partial charge on any atom is 0.0840 e. The lowest BCUT2D eigenvalue weighted by Crippen LogP contribution is -2.35. The summed E-state index contributed by atoms with van der Waals surface area (Å²) in [5.41, 5.74) is 3.57. The molecule has 3 heterocycles. The molecule has 1 saturated heterocycles. The Bertz CT molecular complexity index is 743. The molecule has 3 aromatic rings. The Morgan fingerprint density at radius 2 is 1.87 bits per heavy atom. The number of hydrogen-bond acceptors (Lipinski definition) is 4. The number of ether oxygens (including phenoxy) is 1. The Kier molecular flexibility index (Phi) is 4.24. The molecule has 2 aromatic heterocycles. The molecule has 0 unspecified atom stereocenters. The van der Waals surface area contributed by atoms with Gasteiger partial charge in [-0.15, -0.1) is 11.3 Å². The van der Waals surface area contributed by atoms with Gasteiger partial charge in [0.2, 0.25) is 0 Å². The van der Waals surface area contributed by atoms with Crippen LogP contribution < -0.4 is 0 Å². The maximum atomic E-state index is 5.40. The zero-order valence-corrected chi connectivity index (χ0v) is 13.7. The highest BCUT2D eigenvalue weighted by molar-refractivity contribution is 7.13. The first-order chi connectivity index (χ1) is 11.4. The summed E-state index contributed by atoms with van der Waals surface area (Å²) in [7, 11) is 0. The van der Waals surface area contributed by atoms with Gasteiger partial charge in [0.25, 0.3) is 0 Å². The molecule has 0 aliphatic carbocycles. The molecule has 0 saturated carbocycles. The van der Waals surface area contributed by atoms with Crippen molar-refractivity contribution >= 4 is 11.3 Å². The van der Waals surface area contributed by atoms with Gasteiger partial charge in [-0.3, -0.25) is 4.90 Å². The zero-order valence-electron chi connectivity index (χ0n) is 12.9. The Labute approximate surface area is 139 Å². The van der Waals surface area contributed by atoms with Crippen molar-refractivity contribution in [3.05, 3.63) is 59.6 Å². The SMILES string of the molecule is c1csc(-c2ccnn2-c2ccc(CN3CCOCC3)cc2)c1. The van der Waals surface area contributed by atoms with Crippen molar-refractivity contribution in [1.29, 1.82) is 0 Å². The molecule has 118 valence electrons. The summed E-state index contributed by atoms with van der Waals surface area (Å²) in [6, 6.07) is 15.0. The van der Waals surface area contributed by atoms with Crippen LogP contribution in [-0.4, -0.2) is 41.0 Å². The van der Waals surface area contributed by atoms with Gasteiger partial charge in [-0.25, -0.2) is 4.68 Å². The van der Waals surface area contributed by atoms with Gasteiger partial charge in [0.15, 0.2) is 0 Å². The van der Waals surface area contributed by atoms with E-state index in [0.717, 1.165) is 44.2 Å². The minimum atomic E-state index is 0.843. The van der Waals surface area contributed by atoms with Gasteiger partial charge in [0.1, 0.15) is 0 Å². The molecule has 1 aliphatic rings. The molecule has 0 amide bonds. The van der Waals surface area contributed by atoms with Crippen LogP contribution in [0, 0.1) is 0 Å². The van der Waals surface area contributed by atoms with E-state index < -0.39 is 0 Å². The average Bonchev–Trinajstić information content (AvgIpc) is 3.28. The fraction of sp³-hybridized carbons (Fsp3) is 0.278. The molecular weight excluding hydrogens is 306 g/mol. The van der Waals surface area contributed by atoms with E-state index in [1.54, 1.807) is 11.3 Å². The van der Waals surface area contributed by atoms with Crippen molar-refractivity contribution in [3.63, 3.8) is 0 Å². The first kappa shape index (κ1) is 14.6. The monoisotopic (exact) mass is 325 g/mol. The third-order valence-corrected chi connectivity index (χ3v) is 5.00. The number of benzene rings is 1. The Morgan fingerprint density at radius 3 is 2.61 bits per heavy atom. The summed E-state index contributed by atoms with van der Waals surface area (Å²) < 4.78 is 7.41. The van der Waals surface area contributed by atoms with Crippen LogP contribution in [0.2, 0.25) is 0 Å². The van der Waals surface area contributed by atoms with E-state index in [-0.39, 0.29) is 0 Å². The Balaban J connectivity index is 1.53. The molecule has 23 heavy (non-hydrogen) atoms. The minimum Gasteiger partial charge on any atom is -0.379 e. The zero-order chi connectivity index (χ0) is 15.5. The highest BCUT2D eigenvalue weighted by Gasteiger charge is 2.11. The maximum absolute atomic E-state index is 5.40. The van der Waals surface area contributed by atoms with Crippen LogP contribution in [0.5, 0.6) is 0 Å². The molecule has 0 spiro atoms. The molecule has 1 aliphatic heterocycles. The fourth-order valence-corrected chi connectivity index (χ4v) is 3.62. The third kappa shape index (κ3) is 3.22. The van der Waals surface area contributed by atoms with Crippen molar-refractivity contribution in [2.24, 2.45) is 0 Å². The molecular formula is C18H19N3OS. The number of thiophene rings is 1. The van der Waals surface area contributed by atoms with Gasteiger partial charge >= 0.3 is 0 Å². The van der Waals surface area contributed by atoms with Crippen LogP contribution >= 0.6 is 11.3 Å². The second kappa shape index (κ2) is 6.66. The molecule has 4 nitrogen and oxygen atoms in total. The lowest BCUT2D eigenvalue weighted by atomic mass is 10.2. The summed E-state index contributed by atoms with van der Waals surface area (Å²) in [6.45, 7) is 4.71. The summed E-state index contributed by atoms with van der Waals surface area (Å²) >= 11 is 1.74. The number of morpholine rings is 1. The predicted octanol–water partition coefficient (Wildman–Crippen LogP) is 3.43. The molecule has 1 fully saturated rings. The lowest BCUT2D eigenvalue weighted by molar-refractivity contribution is 0.0342. The molecule has 0 bridgehead atoms. The third-order valence-electron chi connectivity index (χ3n) is 4.11. The summed E-state index contributed by atoms with van der Waals surface area (Å²) in [5.74, 6) is 0. The van der Waals surface area contributed by atoms with Gasteiger partial charge in [-0.1, -0.05) is 18.2 Å². The van der Waals surface area contributed by atoms with Gasteiger partial charge in [-0.2, -0.15) is 5.10 Å². The van der Waals surface area contributed by atoms with E-state index in [0.29, 0.717) is 0 Å². The fourth-order valence-electron chi connectivity index (χ4n) is 2.88. The van der Waals surface area contributed by atoms with Crippen LogP contribution in [0.15, 0.2) is 54.0 Å². The van der Waals surface area contributed by atoms with Gasteiger partial charge in [0, 0.05) is 19.6 Å². The summed E-state index contributed by atoms with van der Waals surface area (Å²) in [4.78, 5) is 3.67. The Morgan fingerprint density at radius 1 is 1.04 bits per heavy atom. The van der Waals surface area contributed by atoms with Crippen molar-refractivity contribution in [2.45, 2.75) is 6.54 Å². The molecule has 5 heteroatoms. The number of rotatable bonds is 4. The lowest BCUT2D eigenvalue weighted by Gasteiger charge is -2.26. The summed E-state index contributed by atoms with van der Waals surface area (Å²) in [5, 5.41) is 6.58. The van der Waals surface area contributed by atoms with Gasteiger partial charge in [-0.05, 0) is 35.2 Å². The first-order valence-corrected chi connectivity index (χ1v) is 8.75. The standard InChI is InChI=1S/C18H19N3OS/c1-2-18(23-13-1)17-7-8-19-21(17)16-5-3-15(4-6-16)14-20-9-11-22-12-10-20/h1-8,13H,9-12,14H2. The van der Waals surface area contributed by atoms with Crippen LogP contribution in [0.3, 0.4) is 0 Å². The molecule has 0 N–H and O–H groups in total. The van der Waals surface area contributed by atoms with E-state index >= 15 is 0 Å². The van der Waals surface area contributed by atoms with E-state index in [1.165, 1.54) is 10.4 Å². The van der Waals surface area contributed by atoms with Crippen LogP contribution in [0.25, 0.3) is 16.3 Å². The predicted molar refractivity (Wildman–Crippen MR) is 93.0 cm³/mol. The van der Waals surface area contributed by atoms with E-state index in [4.69, 9.17) is 4.74 Å². The smallest absolute Gasteiger partial charge is 0.0840 e. The van der Waals surface area contributed by atoms with Gasteiger partial charge < -0.3 is 4.74 Å². The van der Waals surface area contributed by atoms with E-state index in [9.17, 15) is 0 Å². The van der Waals surface area contributed by atoms with Crippen molar-refractivity contribution in [2.75, 3.05) is 26.3 Å². The van der Waals surface area contributed by atoms with Crippen molar-refractivity contribution in [1.82, 2.24) is 14.7 Å². The Hall–Kier alpha value is -1.95. The topological polar surface area (TPSA) is 30.3 Å². The van der Waals surface area contributed by atoms with Crippen LogP contribution in [0.4, 0.5) is 0 Å².